The highest BCUT2D eigenvalue weighted by molar-refractivity contribution is 5.74. The Bertz CT molecular complexity index is 431. The maximum Gasteiger partial charge on any atom is 0.218 e. The lowest BCUT2D eigenvalue weighted by Gasteiger charge is -2.34. The minimum absolute atomic E-state index is 0.207. The SMILES string of the molecule is Cc1ccc(OCCN2CCCCC2CC(N)=O)cc1. The second kappa shape index (κ2) is 7.29. The predicted octanol–water partition coefficient (Wildman–Crippen LogP) is 2.10. The smallest absolute Gasteiger partial charge is 0.218 e. The van der Waals surface area contributed by atoms with Crippen molar-refractivity contribution in [3.8, 4) is 5.75 Å². The third kappa shape index (κ3) is 4.53. The van der Waals surface area contributed by atoms with Crippen molar-refractivity contribution >= 4 is 5.91 Å². The lowest BCUT2D eigenvalue weighted by molar-refractivity contribution is -0.119. The van der Waals surface area contributed by atoms with Crippen LogP contribution in [-0.2, 0) is 4.79 Å². The molecule has 0 saturated carbocycles. The van der Waals surface area contributed by atoms with E-state index in [1.807, 2.05) is 24.3 Å². The molecule has 0 aromatic heterocycles. The fourth-order valence-electron chi connectivity index (χ4n) is 2.73. The molecule has 1 atom stereocenters. The van der Waals surface area contributed by atoms with Crippen LogP contribution in [0.1, 0.15) is 31.2 Å². The molecular formula is C16H24N2O2. The molecule has 1 fully saturated rings. The second-order valence-electron chi connectivity index (χ2n) is 5.52. The zero-order valence-electron chi connectivity index (χ0n) is 12.2. The van der Waals surface area contributed by atoms with E-state index in [1.165, 1.54) is 18.4 Å². The predicted molar refractivity (Wildman–Crippen MR) is 79.7 cm³/mol. The normalized spacial score (nSPS) is 19.8. The molecule has 2 N–H and O–H groups in total. The standard InChI is InChI=1S/C16H24N2O2/c1-13-5-7-15(8-6-13)20-11-10-18-9-3-2-4-14(18)12-16(17)19/h5-8,14H,2-4,9-12H2,1H3,(H2,17,19). The van der Waals surface area contributed by atoms with E-state index >= 15 is 0 Å². The van der Waals surface area contributed by atoms with Crippen LogP contribution in [0.15, 0.2) is 24.3 Å². The van der Waals surface area contributed by atoms with Crippen molar-refractivity contribution in [1.82, 2.24) is 4.90 Å². The largest absolute Gasteiger partial charge is 0.492 e. The molecule has 1 aromatic carbocycles. The Labute approximate surface area is 120 Å². The Morgan fingerprint density at radius 1 is 1.35 bits per heavy atom. The summed E-state index contributed by atoms with van der Waals surface area (Å²) >= 11 is 0. The molecule has 0 radical (unpaired) electrons. The lowest BCUT2D eigenvalue weighted by atomic mass is 9.99. The number of aryl methyl sites for hydroxylation is 1. The van der Waals surface area contributed by atoms with Crippen LogP contribution in [0.3, 0.4) is 0 Å². The van der Waals surface area contributed by atoms with Crippen molar-refractivity contribution in [3.05, 3.63) is 29.8 Å². The third-order valence-corrected chi connectivity index (χ3v) is 3.85. The van der Waals surface area contributed by atoms with Gasteiger partial charge in [-0.05, 0) is 38.4 Å². The summed E-state index contributed by atoms with van der Waals surface area (Å²) in [6.07, 6.45) is 3.91. The van der Waals surface area contributed by atoms with Gasteiger partial charge in [0.1, 0.15) is 12.4 Å². The first-order chi connectivity index (χ1) is 9.65. The van der Waals surface area contributed by atoms with Gasteiger partial charge in [-0.2, -0.15) is 0 Å². The average molecular weight is 276 g/mol. The number of hydrogen-bond acceptors (Lipinski definition) is 3. The van der Waals surface area contributed by atoms with Gasteiger partial charge in [-0.3, -0.25) is 9.69 Å². The van der Waals surface area contributed by atoms with Crippen molar-refractivity contribution in [2.75, 3.05) is 19.7 Å². The Hall–Kier alpha value is -1.55. The Balaban J connectivity index is 1.79. The molecule has 1 aliphatic rings. The summed E-state index contributed by atoms with van der Waals surface area (Å²) in [5, 5.41) is 0. The maximum absolute atomic E-state index is 11.1. The van der Waals surface area contributed by atoms with E-state index in [4.69, 9.17) is 10.5 Å². The molecule has 20 heavy (non-hydrogen) atoms. The summed E-state index contributed by atoms with van der Waals surface area (Å²) in [6.45, 7) is 4.60. The molecule has 4 nitrogen and oxygen atoms in total. The highest BCUT2D eigenvalue weighted by Gasteiger charge is 2.23. The number of likely N-dealkylation sites (tertiary alicyclic amines) is 1. The van der Waals surface area contributed by atoms with Crippen LogP contribution in [0.5, 0.6) is 5.75 Å². The molecule has 0 aliphatic carbocycles. The first kappa shape index (κ1) is 14.9. The Kier molecular flexibility index (Phi) is 5.41. The van der Waals surface area contributed by atoms with Crippen molar-refractivity contribution in [2.24, 2.45) is 5.73 Å². The summed E-state index contributed by atoms with van der Waals surface area (Å²) in [7, 11) is 0. The number of hydrogen-bond donors (Lipinski definition) is 1. The molecular weight excluding hydrogens is 252 g/mol. The van der Waals surface area contributed by atoms with E-state index in [0.717, 1.165) is 25.3 Å². The molecule has 0 spiro atoms. The van der Waals surface area contributed by atoms with E-state index in [-0.39, 0.29) is 5.91 Å². The molecule has 110 valence electrons. The first-order valence-corrected chi connectivity index (χ1v) is 7.37. The first-order valence-electron chi connectivity index (χ1n) is 7.37. The number of piperidine rings is 1. The molecule has 1 heterocycles. The summed E-state index contributed by atoms with van der Waals surface area (Å²) in [6, 6.07) is 8.37. The molecule has 1 amide bonds. The monoisotopic (exact) mass is 276 g/mol. The van der Waals surface area contributed by atoms with Gasteiger partial charge in [-0.25, -0.2) is 0 Å². The Morgan fingerprint density at radius 2 is 2.10 bits per heavy atom. The van der Waals surface area contributed by atoms with Gasteiger partial charge in [0.15, 0.2) is 0 Å². The molecule has 1 saturated heterocycles. The van der Waals surface area contributed by atoms with Crippen molar-refractivity contribution in [1.29, 1.82) is 0 Å². The minimum atomic E-state index is -0.207. The number of nitrogens with zero attached hydrogens (tertiary/aromatic N) is 1. The number of ether oxygens (including phenoxy) is 1. The van der Waals surface area contributed by atoms with Gasteiger partial charge in [0, 0.05) is 19.0 Å². The fraction of sp³-hybridized carbons (Fsp3) is 0.562. The zero-order valence-corrected chi connectivity index (χ0v) is 12.2. The van der Waals surface area contributed by atoms with Gasteiger partial charge in [0.05, 0.1) is 0 Å². The van der Waals surface area contributed by atoms with Crippen molar-refractivity contribution in [3.63, 3.8) is 0 Å². The van der Waals surface area contributed by atoms with E-state index in [1.54, 1.807) is 0 Å². The summed E-state index contributed by atoms with van der Waals surface area (Å²) in [4.78, 5) is 13.4. The van der Waals surface area contributed by atoms with Crippen LogP contribution in [-0.4, -0.2) is 36.5 Å². The summed E-state index contributed by atoms with van der Waals surface area (Å²) in [5.74, 6) is 0.695. The van der Waals surface area contributed by atoms with Crippen molar-refractivity contribution in [2.45, 2.75) is 38.6 Å². The maximum atomic E-state index is 11.1. The highest BCUT2D eigenvalue weighted by Crippen LogP contribution is 2.19. The van der Waals surface area contributed by atoms with E-state index < -0.39 is 0 Å². The molecule has 0 bridgehead atoms. The number of carbonyl (C=O) groups excluding carboxylic acids is 1. The quantitative estimate of drug-likeness (QED) is 0.865. The van der Waals surface area contributed by atoms with Crippen LogP contribution in [0.25, 0.3) is 0 Å². The van der Waals surface area contributed by atoms with Crippen LogP contribution >= 0.6 is 0 Å². The summed E-state index contributed by atoms with van der Waals surface area (Å²) in [5.41, 5.74) is 6.55. The third-order valence-electron chi connectivity index (χ3n) is 3.85. The van der Waals surface area contributed by atoms with Gasteiger partial charge in [0.25, 0.3) is 0 Å². The van der Waals surface area contributed by atoms with Crippen molar-refractivity contribution < 1.29 is 9.53 Å². The van der Waals surface area contributed by atoms with E-state index in [2.05, 4.69) is 11.8 Å². The average Bonchev–Trinajstić information content (AvgIpc) is 2.42. The van der Waals surface area contributed by atoms with Gasteiger partial charge >= 0.3 is 0 Å². The van der Waals surface area contributed by atoms with E-state index in [0.29, 0.717) is 19.1 Å². The van der Waals surface area contributed by atoms with Gasteiger partial charge in [-0.1, -0.05) is 24.1 Å². The number of amides is 1. The van der Waals surface area contributed by atoms with E-state index in [9.17, 15) is 4.79 Å². The highest BCUT2D eigenvalue weighted by atomic mass is 16.5. The number of rotatable bonds is 6. The molecule has 1 aliphatic heterocycles. The van der Waals surface area contributed by atoms with Gasteiger partial charge < -0.3 is 10.5 Å². The van der Waals surface area contributed by atoms with Crippen LogP contribution in [0.4, 0.5) is 0 Å². The molecule has 2 rings (SSSR count). The summed E-state index contributed by atoms with van der Waals surface area (Å²) < 4.78 is 5.76. The zero-order chi connectivity index (χ0) is 14.4. The molecule has 1 aromatic rings. The minimum Gasteiger partial charge on any atom is -0.492 e. The van der Waals surface area contributed by atoms with Gasteiger partial charge in [0.2, 0.25) is 5.91 Å². The number of benzene rings is 1. The number of carbonyl (C=O) groups is 1. The Morgan fingerprint density at radius 3 is 2.80 bits per heavy atom. The van der Waals surface area contributed by atoms with Crippen LogP contribution in [0.2, 0.25) is 0 Å². The lowest BCUT2D eigenvalue weighted by Crippen LogP contribution is -2.43. The second-order valence-corrected chi connectivity index (χ2v) is 5.52. The van der Waals surface area contributed by atoms with Crippen LogP contribution < -0.4 is 10.5 Å². The van der Waals surface area contributed by atoms with Crippen LogP contribution in [0, 0.1) is 6.92 Å². The number of nitrogens with two attached hydrogens (primary N) is 1. The topological polar surface area (TPSA) is 55.6 Å². The molecule has 1 unspecified atom stereocenters. The van der Waals surface area contributed by atoms with Gasteiger partial charge in [-0.15, -0.1) is 0 Å². The number of primary amides is 1. The fourth-order valence-corrected chi connectivity index (χ4v) is 2.73. The molecule has 4 heteroatoms.